The van der Waals surface area contributed by atoms with Crippen LogP contribution in [0, 0.1) is 0 Å². The number of carbonyl (C=O) groups excluding carboxylic acids is 1. The molecule has 0 unspecified atom stereocenters. The van der Waals surface area contributed by atoms with Gasteiger partial charge in [0.25, 0.3) is 0 Å². The third-order valence-electron chi connectivity index (χ3n) is 4.64. The van der Waals surface area contributed by atoms with E-state index in [-0.39, 0.29) is 25.0 Å². The summed E-state index contributed by atoms with van der Waals surface area (Å²) in [5, 5.41) is 8.20. The lowest BCUT2D eigenvalue weighted by Gasteiger charge is -2.04. The van der Waals surface area contributed by atoms with Crippen LogP contribution in [0.1, 0.15) is 103 Å². The Bertz CT molecular complexity index is 306. The minimum absolute atomic E-state index is 0. The van der Waals surface area contributed by atoms with E-state index < -0.39 is 0 Å². The molecule has 0 atom stereocenters. The van der Waals surface area contributed by atoms with Gasteiger partial charge in [-0.15, -0.1) is 12.4 Å². The van der Waals surface area contributed by atoms with Crippen molar-refractivity contribution in [2.45, 2.75) is 103 Å². The van der Waals surface area contributed by atoms with E-state index in [1.54, 1.807) is 0 Å². The number of aliphatic hydroxyl groups is 1. The summed E-state index contributed by atoms with van der Waals surface area (Å²) < 4.78 is 5.07. The average molecular weight is 439 g/mol. The van der Waals surface area contributed by atoms with Gasteiger partial charge in [-0.3, -0.25) is 4.79 Å². The van der Waals surface area contributed by atoms with Gasteiger partial charge in [0.2, 0.25) is 0 Å². The van der Waals surface area contributed by atoms with Gasteiger partial charge in [0.15, 0.2) is 0 Å². The average Bonchev–Trinajstić information content (AvgIpc) is 2.66. The molecule has 0 spiro atoms. The number of esters is 1. The summed E-state index contributed by atoms with van der Waals surface area (Å²) in [6.07, 6.45) is 18.6. The number of nitrogens with zero attached hydrogens (tertiary/aromatic N) is 1. The number of carbonyl (C=O) groups is 1. The molecule has 0 radical (unpaired) electrons. The fourth-order valence-corrected chi connectivity index (χ4v) is 2.83. The molecule has 0 aliphatic carbocycles. The predicted octanol–water partition coefficient (Wildman–Crippen LogP) is 5.32. The quantitative estimate of drug-likeness (QED) is 0.211. The van der Waals surface area contributed by atoms with Crippen molar-refractivity contribution in [1.82, 2.24) is 4.90 Å². The molecule has 29 heavy (non-hydrogen) atoms. The number of nitrogens with two attached hydrogens (primary N) is 1. The second kappa shape index (κ2) is 29.8. The van der Waals surface area contributed by atoms with Gasteiger partial charge in [-0.2, -0.15) is 0 Å². The van der Waals surface area contributed by atoms with Gasteiger partial charge in [-0.1, -0.05) is 84.0 Å². The van der Waals surface area contributed by atoms with Crippen LogP contribution in [-0.4, -0.2) is 56.4 Å². The summed E-state index contributed by atoms with van der Waals surface area (Å²) >= 11 is 0. The Kier molecular flexibility index (Phi) is 34.2. The first-order chi connectivity index (χ1) is 13.6. The molecule has 0 rings (SSSR count). The van der Waals surface area contributed by atoms with Crippen molar-refractivity contribution in [2.75, 3.05) is 40.4 Å². The number of aliphatic hydroxyl groups excluding tert-OH is 1. The monoisotopic (exact) mass is 438 g/mol. The fraction of sp³-hybridized carbons (Fsp3) is 0.957. The van der Waals surface area contributed by atoms with Crippen molar-refractivity contribution >= 4 is 18.4 Å². The van der Waals surface area contributed by atoms with Crippen LogP contribution in [0.2, 0.25) is 0 Å². The van der Waals surface area contributed by atoms with E-state index in [9.17, 15) is 4.79 Å². The third kappa shape index (κ3) is 35.5. The van der Waals surface area contributed by atoms with E-state index in [1.165, 1.54) is 70.6 Å². The smallest absolute Gasteiger partial charge is 0.305 e. The van der Waals surface area contributed by atoms with Gasteiger partial charge in [0, 0.05) is 13.0 Å². The zero-order valence-corrected chi connectivity index (χ0v) is 20.4. The molecule has 5 nitrogen and oxygen atoms in total. The molecule has 0 aliphatic heterocycles. The van der Waals surface area contributed by atoms with E-state index in [1.807, 2.05) is 19.0 Å². The molecule has 0 bridgehead atoms. The number of hydrogen-bond donors (Lipinski definition) is 2. The summed E-state index contributed by atoms with van der Waals surface area (Å²) in [4.78, 5) is 13.3. The van der Waals surface area contributed by atoms with Gasteiger partial charge in [0.05, 0.1) is 13.2 Å². The van der Waals surface area contributed by atoms with E-state index in [2.05, 4.69) is 6.92 Å². The Balaban J connectivity index is -0.000000837. The standard InChI is InChI=1S/C19H39NO2.C4H11NO.ClH/c1-2-3-4-5-6-7-8-9-10-11-12-13-14-16-19(21)22-18-15-17-20;1-5(2)3-4-6;/h2-18,20H2,1H3;6H,3-4H2,1-2H3;1H. The van der Waals surface area contributed by atoms with E-state index in [0.29, 0.717) is 19.6 Å². The molecular formula is C23H51ClN2O3. The van der Waals surface area contributed by atoms with Crippen molar-refractivity contribution in [3.8, 4) is 0 Å². The summed E-state index contributed by atoms with van der Waals surface area (Å²) in [6.45, 7) is 4.36. The minimum atomic E-state index is -0.0588. The lowest BCUT2D eigenvalue weighted by molar-refractivity contribution is -0.143. The zero-order valence-electron chi connectivity index (χ0n) is 19.6. The van der Waals surface area contributed by atoms with Gasteiger partial charge in [-0.05, 0) is 33.5 Å². The van der Waals surface area contributed by atoms with Crippen molar-refractivity contribution < 1.29 is 14.6 Å². The van der Waals surface area contributed by atoms with Crippen molar-refractivity contribution in [3.05, 3.63) is 0 Å². The molecule has 0 fully saturated rings. The van der Waals surface area contributed by atoms with Gasteiger partial charge < -0.3 is 20.5 Å². The molecule has 0 aliphatic rings. The first kappa shape index (κ1) is 33.3. The molecule has 0 aromatic heterocycles. The number of hydrogen-bond acceptors (Lipinski definition) is 5. The summed E-state index contributed by atoms with van der Waals surface area (Å²) in [6, 6.07) is 0. The second-order valence-electron chi connectivity index (χ2n) is 7.88. The van der Waals surface area contributed by atoms with Crippen LogP contribution in [0.25, 0.3) is 0 Å². The van der Waals surface area contributed by atoms with Crippen LogP contribution >= 0.6 is 12.4 Å². The highest BCUT2D eigenvalue weighted by atomic mass is 35.5. The summed E-state index contributed by atoms with van der Waals surface area (Å²) in [5.74, 6) is -0.0588. The Hall–Kier alpha value is -0.360. The molecule has 0 amide bonds. The molecule has 3 N–H and O–H groups in total. The summed E-state index contributed by atoms with van der Waals surface area (Å²) in [5.41, 5.74) is 5.35. The van der Waals surface area contributed by atoms with Crippen molar-refractivity contribution in [1.29, 1.82) is 0 Å². The maximum atomic E-state index is 11.4. The summed E-state index contributed by atoms with van der Waals surface area (Å²) in [7, 11) is 3.85. The van der Waals surface area contributed by atoms with E-state index >= 15 is 0 Å². The largest absolute Gasteiger partial charge is 0.466 e. The number of unbranched alkanes of at least 4 members (excludes halogenated alkanes) is 12. The van der Waals surface area contributed by atoms with Crippen LogP contribution in [0.4, 0.5) is 0 Å². The minimum Gasteiger partial charge on any atom is -0.466 e. The van der Waals surface area contributed by atoms with Crippen LogP contribution in [0.5, 0.6) is 0 Å². The highest BCUT2D eigenvalue weighted by Crippen LogP contribution is 2.13. The molecule has 0 saturated heterocycles. The lowest BCUT2D eigenvalue weighted by atomic mass is 10.0. The Morgan fingerprint density at radius 2 is 1.28 bits per heavy atom. The van der Waals surface area contributed by atoms with E-state index in [0.717, 1.165) is 25.8 Å². The van der Waals surface area contributed by atoms with Gasteiger partial charge >= 0.3 is 5.97 Å². The molecule has 0 heterocycles. The predicted molar refractivity (Wildman–Crippen MR) is 128 cm³/mol. The molecule has 0 aromatic carbocycles. The van der Waals surface area contributed by atoms with Gasteiger partial charge in [0.1, 0.15) is 0 Å². The third-order valence-corrected chi connectivity index (χ3v) is 4.64. The van der Waals surface area contributed by atoms with Crippen molar-refractivity contribution in [2.24, 2.45) is 5.73 Å². The molecule has 0 aromatic rings. The number of ether oxygens (including phenoxy) is 1. The highest BCUT2D eigenvalue weighted by molar-refractivity contribution is 5.85. The topological polar surface area (TPSA) is 75.8 Å². The number of likely N-dealkylation sites (N-methyl/N-ethyl adjacent to an activating group) is 1. The molecule has 0 saturated carbocycles. The van der Waals surface area contributed by atoms with Crippen LogP contribution in [0.15, 0.2) is 0 Å². The Labute approximate surface area is 187 Å². The van der Waals surface area contributed by atoms with Crippen LogP contribution < -0.4 is 5.73 Å². The highest BCUT2D eigenvalue weighted by Gasteiger charge is 2.01. The second-order valence-corrected chi connectivity index (χ2v) is 7.88. The number of rotatable bonds is 19. The Morgan fingerprint density at radius 1 is 0.828 bits per heavy atom. The SMILES string of the molecule is CCCCCCCCCCCCCCCC(=O)OCCCN.CN(C)CCO.Cl. The van der Waals surface area contributed by atoms with Gasteiger partial charge in [-0.25, -0.2) is 0 Å². The van der Waals surface area contributed by atoms with E-state index in [4.69, 9.17) is 15.6 Å². The van der Waals surface area contributed by atoms with Crippen LogP contribution in [0.3, 0.4) is 0 Å². The van der Waals surface area contributed by atoms with Crippen molar-refractivity contribution in [3.63, 3.8) is 0 Å². The normalized spacial score (nSPS) is 10.3. The first-order valence-electron chi connectivity index (χ1n) is 11.7. The zero-order chi connectivity index (χ0) is 21.3. The van der Waals surface area contributed by atoms with Crippen LogP contribution in [-0.2, 0) is 9.53 Å². The lowest BCUT2D eigenvalue weighted by Crippen LogP contribution is -2.15. The molecule has 6 heteroatoms. The maximum absolute atomic E-state index is 11.4. The molecular weight excluding hydrogens is 388 g/mol. The number of halogens is 1. The molecule has 178 valence electrons. The first-order valence-corrected chi connectivity index (χ1v) is 11.7. The Morgan fingerprint density at radius 3 is 1.62 bits per heavy atom. The maximum Gasteiger partial charge on any atom is 0.305 e. The fourth-order valence-electron chi connectivity index (χ4n) is 2.83.